The van der Waals surface area contributed by atoms with Crippen molar-refractivity contribution in [3.8, 4) is 11.8 Å². The van der Waals surface area contributed by atoms with Crippen LogP contribution in [0, 0.1) is 17.8 Å². The highest BCUT2D eigenvalue weighted by atomic mass is 32.2. The topological polar surface area (TPSA) is 182 Å². The number of nitrogens with zero attached hydrogens (tertiary/aromatic N) is 2. The number of hydrogen-bond donors (Lipinski definition) is 3. The van der Waals surface area contributed by atoms with E-state index in [0.29, 0.717) is 63.3 Å². The number of amides is 4. The van der Waals surface area contributed by atoms with E-state index in [4.69, 9.17) is 14.2 Å². The highest BCUT2D eigenvalue weighted by molar-refractivity contribution is 7.91. The van der Waals surface area contributed by atoms with Crippen LogP contribution < -0.4 is 24.8 Å². The van der Waals surface area contributed by atoms with E-state index in [2.05, 4.69) is 20.3 Å². The number of alkyl halides is 2. The molecule has 14 nitrogen and oxygen atoms in total. The number of hydrogen-bond acceptors (Lipinski definition) is 10. The number of alkyl carbamates (subject to hydrolysis) is 1. The number of allylic oxidation sites excluding steroid dienone is 1. The molecule has 59 heavy (non-hydrogen) atoms. The highest BCUT2D eigenvalue weighted by Gasteiger charge is 2.63. The molecule has 2 saturated carbocycles. The maximum absolute atomic E-state index is 14.9. The summed E-state index contributed by atoms with van der Waals surface area (Å²) in [4.78, 5) is 62.8. The Bertz CT molecular complexity index is 2090. The van der Waals surface area contributed by atoms with Crippen molar-refractivity contribution in [2.24, 2.45) is 17.8 Å². The van der Waals surface area contributed by atoms with Gasteiger partial charge in [0.15, 0.2) is 5.60 Å². The first-order valence-corrected chi connectivity index (χ1v) is 22.1. The first-order valence-electron chi connectivity index (χ1n) is 20.6. The Morgan fingerprint density at radius 1 is 1.08 bits per heavy atom. The summed E-state index contributed by atoms with van der Waals surface area (Å²) in [5.74, 6) is -6.22. The molecule has 3 heterocycles. The fourth-order valence-corrected chi connectivity index (χ4v) is 9.84. The zero-order valence-corrected chi connectivity index (χ0v) is 35.6. The minimum Gasteiger partial charge on any atom is -0.478 e. The van der Waals surface area contributed by atoms with E-state index in [1.807, 2.05) is 50.3 Å². The third-order valence-corrected chi connectivity index (χ3v) is 14.9. The molecule has 1 saturated heterocycles. The van der Waals surface area contributed by atoms with Crippen LogP contribution >= 0.6 is 0 Å². The van der Waals surface area contributed by atoms with Crippen LogP contribution in [0.1, 0.15) is 99.8 Å². The van der Waals surface area contributed by atoms with Crippen LogP contribution in [-0.4, -0.2) is 95.3 Å². The van der Waals surface area contributed by atoms with Crippen LogP contribution in [0.3, 0.4) is 0 Å². The second kappa shape index (κ2) is 16.5. The zero-order chi connectivity index (χ0) is 43.1. The molecule has 2 aliphatic heterocycles. The Kier molecular flexibility index (Phi) is 12.3. The van der Waals surface area contributed by atoms with E-state index in [1.54, 1.807) is 19.9 Å². The molecule has 4 amide bonds. The second-order valence-electron chi connectivity index (χ2n) is 17.4. The number of carbonyl (C=O) groups excluding carboxylic acids is 4. The lowest BCUT2D eigenvalue weighted by atomic mass is 9.88. The van der Waals surface area contributed by atoms with E-state index in [0.717, 1.165) is 19.2 Å². The number of ether oxygens (including phenoxy) is 3. The van der Waals surface area contributed by atoms with Gasteiger partial charge in [-0.1, -0.05) is 51.1 Å². The highest BCUT2D eigenvalue weighted by Crippen LogP contribution is 2.49. The van der Waals surface area contributed by atoms with E-state index in [-0.39, 0.29) is 31.2 Å². The quantitative estimate of drug-likeness (QED) is 0.235. The summed E-state index contributed by atoms with van der Waals surface area (Å²) in [5, 5.41) is 6.85. The first-order chi connectivity index (χ1) is 27.7. The van der Waals surface area contributed by atoms with Gasteiger partial charge < -0.3 is 29.7 Å². The summed E-state index contributed by atoms with van der Waals surface area (Å²) < 4.78 is 74.4. The average molecular weight is 846 g/mol. The fourth-order valence-electron chi connectivity index (χ4n) is 8.18. The van der Waals surface area contributed by atoms with Gasteiger partial charge in [0.1, 0.15) is 23.7 Å². The van der Waals surface area contributed by atoms with Gasteiger partial charge >= 0.3 is 6.09 Å². The van der Waals surface area contributed by atoms with Crippen LogP contribution in [0.15, 0.2) is 42.5 Å². The van der Waals surface area contributed by atoms with Crippen molar-refractivity contribution in [3.63, 3.8) is 0 Å². The largest absolute Gasteiger partial charge is 0.478 e. The average Bonchev–Trinajstić information content (AvgIpc) is 4.06. The van der Waals surface area contributed by atoms with Gasteiger partial charge in [0.2, 0.25) is 33.6 Å². The molecule has 0 unspecified atom stereocenters. The molecule has 17 heteroatoms. The Balaban J connectivity index is 1.36. The van der Waals surface area contributed by atoms with Gasteiger partial charge in [0, 0.05) is 30.7 Å². The first kappa shape index (κ1) is 44.0. The number of carbonyl (C=O) groups is 4. The van der Waals surface area contributed by atoms with Crippen LogP contribution in [-0.2, 0) is 29.1 Å². The monoisotopic (exact) mass is 845 g/mol. The fraction of sp³-hybridized carbons (Fsp3) is 0.643. The lowest BCUT2D eigenvalue weighted by molar-refractivity contribution is -0.152. The van der Waals surface area contributed by atoms with Crippen molar-refractivity contribution >= 4 is 44.6 Å². The molecule has 0 spiro atoms. The minimum absolute atomic E-state index is 0.0210. The molecule has 1 aromatic carbocycles. The van der Waals surface area contributed by atoms with Crippen molar-refractivity contribution < 1.29 is 50.6 Å². The summed E-state index contributed by atoms with van der Waals surface area (Å²) >= 11 is 0. The number of aromatic nitrogens is 1. The predicted octanol–water partition coefficient (Wildman–Crippen LogP) is 5.79. The smallest absolute Gasteiger partial charge is 0.408 e. The standard InChI is InChI=1S/C42H57F2N5O9S/c1-8-41(18-19-41)59(54,55)48-37(52)42-23-28(42)16-12-10-14-25(3)20-26(4)33(46-38(53)58-39(5,6)40(7,43)44)36(51)49-24-29(22-31(49)34(50)47-42)57-35-30-17-13-11-15-27(30)21-32(45-35)56-9-2/h11-13,15-17,21,25-26,28-29,31,33H,8-10,14,18-20,22-24H2,1-7H3,(H,46,53)(H,47,50)(H,48,52)/b16-12-/t25-,26-,28-,29-,31+,33+,42-/m1/s1. The number of fused-ring (bicyclic) bond motifs is 3. The van der Waals surface area contributed by atoms with E-state index < -0.39 is 85.7 Å². The Labute approximate surface area is 344 Å². The van der Waals surface area contributed by atoms with Gasteiger partial charge in [-0.25, -0.2) is 22.0 Å². The summed E-state index contributed by atoms with van der Waals surface area (Å²) in [7, 11) is -4.07. The van der Waals surface area contributed by atoms with E-state index in [9.17, 15) is 36.4 Å². The molecule has 0 radical (unpaired) electrons. The van der Waals surface area contributed by atoms with Crippen LogP contribution in [0.25, 0.3) is 10.8 Å². The maximum Gasteiger partial charge on any atom is 0.408 e. The molecule has 6 rings (SSSR count). The molecule has 4 aliphatic rings. The van der Waals surface area contributed by atoms with Crippen molar-refractivity contribution in [1.82, 2.24) is 25.2 Å². The Morgan fingerprint density at radius 2 is 1.80 bits per heavy atom. The molecule has 3 N–H and O–H groups in total. The van der Waals surface area contributed by atoms with Gasteiger partial charge in [-0.15, -0.1) is 0 Å². The molecular formula is C42H57F2N5O9S. The molecule has 0 bridgehead atoms. The molecule has 7 atom stereocenters. The van der Waals surface area contributed by atoms with Gasteiger partial charge in [-0.2, -0.15) is 4.98 Å². The van der Waals surface area contributed by atoms with Crippen molar-refractivity contribution in [1.29, 1.82) is 0 Å². The number of benzene rings is 1. The third-order valence-electron chi connectivity index (χ3n) is 12.6. The molecule has 324 valence electrons. The number of pyridine rings is 1. The van der Waals surface area contributed by atoms with E-state index in [1.165, 1.54) is 4.90 Å². The number of halogens is 2. The number of nitrogens with one attached hydrogen (secondary N) is 3. The summed E-state index contributed by atoms with van der Waals surface area (Å²) in [5.41, 5.74) is -3.83. The Morgan fingerprint density at radius 3 is 2.46 bits per heavy atom. The van der Waals surface area contributed by atoms with E-state index >= 15 is 0 Å². The van der Waals surface area contributed by atoms with Crippen molar-refractivity contribution in [2.75, 3.05) is 13.2 Å². The third kappa shape index (κ3) is 9.14. The van der Waals surface area contributed by atoms with Gasteiger partial charge in [0.25, 0.3) is 11.8 Å². The number of rotatable bonds is 11. The summed E-state index contributed by atoms with van der Waals surface area (Å²) in [6.45, 7) is 10.3. The van der Waals surface area contributed by atoms with Gasteiger partial charge in [-0.05, 0) is 89.0 Å². The molecule has 2 aliphatic carbocycles. The van der Waals surface area contributed by atoms with Crippen molar-refractivity contribution in [2.45, 2.75) is 140 Å². The predicted molar refractivity (Wildman–Crippen MR) is 215 cm³/mol. The minimum atomic E-state index is -4.07. The molecular weight excluding hydrogens is 789 g/mol. The zero-order valence-electron chi connectivity index (χ0n) is 34.8. The summed E-state index contributed by atoms with van der Waals surface area (Å²) in [6, 6.07) is 6.54. The summed E-state index contributed by atoms with van der Waals surface area (Å²) in [6.07, 6.45) is 4.59. The van der Waals surface area contributed by atoms with Crippen LogP contribution in [0.2, 0.25) is 0 Å². The lowest BCUT2D eigenvalue weighted by Gasteiger charge is -2.35. The van der Waals surface area contributed by atoms with Gasteiger partial charge in [-0.3, -0.25) is 19.1 Å². The normalized spacial score (nSPS) is 29.1. The molecule has 3 fully saturated rings. The van der Waals surface area contributed by atoms with Crippen LogP contribution in [0.5, 0.6) is 11.8 Å². The SMILES string of the molecule is CCOc1cc2ccccc2c(O[C@@H]2C[C@H]3C(=O)N[C@]4(C(=O)NS(=O)(=O)C5(CC)CC5)C[C@H]4/C=C\CC[C@@H](C)C[C@@H](C)[C@H](NC(=O)OC(C)(C)C(C)(F)F)C(=O)N3C2)n1. The second-order valence-corrected chi connectivity index (χ2v) is 19.5. The van der Waals surface area contributed by atoms with Gasteiger partial charge in [0.05, 0.1) is 17.9 Å². The molecule has 1 aromatic heterocycles. The maximum atomic E-state index is 14.9. The lowest BCUT2D eigenvalue weighted by Crippen LogP contribution is -2.60. The Hall–Kier alpha value is -4.54. The molecule has 2 aromatic rings. The number of sulfonamides is 1. The van der Waals surface area contributed by atoms with Crippen LogP contribution in [0.4, 0.5) is 13.6 Å². The van der Waals surface area contributed by atoms with Crippen molar-refractivity contribution in [3.05, 3.63) is 42.5 Å².